The van der Waals surface area contributed by atoms with Crippen molar-refractivity contribution in [3.05, 3.63) is 0 Å². The number of carbonyl (C=O) groups excluding carboxylic acids is 8. The van der Waals surface area contributed by atoms with Gasteiger partial charge in [-0.05, 0) is 221 Å². The molecule has 0 amide bonds. The maximum atomic E-state index is 11.6. The van der Waals surface area contributed by atoms with E-state index in [0.29, 0.717) is 85.4 Å². The average Bonchev–Trinajstić information content (AvgIpc) is 1.65. The summed E-state index contributed by atoms with van der Waals surface area (Å²) in [7, 11) is 0. The lowest BCUT2D eigenvalue weighted by Gasteiger charge is -2.28. The first kappa shape index (κ1) is 104. The van der Waals surface area contributed by atoms with Gasteiger partial charge in [-0.2, -0.15) is 0 Å². The van der Waals surface area contributed by atoms with Crippen molar-refractivity contribution in [2.45, 2.75) is 384 Å². The third-order valence-electron chi connectivity index (χ3n) is 16.4. The molecule has 0 radical (unpaired) electrons. The summed E-state index contributed by atoms with van der Waals surface area (Å²) in [6.45, 7) is 75.4. The Balaban J connectivity index is -0.000000186. The molecule has 0 aliphatic heterocycles. The third-order valence-corrected chi connectivity index (χ3v) is 16.4. The minimum atomic E-state index is -0.371. The Labute approximate surface area is 585 Å². The van der Waals surface area contributed by atoms with Crippen molar-refractivity contribution < 1.29 is 76.3 Å². The van der Waals surface area contributed by atoms with Crippen LogP contribution >= 0.6 is 0 Å². The molecular weight excluding hydrogens is 1200 g/mol. The van der Waals surface area contributed by atoms with E-state index in [2.05, 4.69) is 90.0 Å². The van der Waals surface area contributed by atoms with Gasteiger partial charge in [0.15, 0.2) is 0 Å². The fourth-order valence-electron chi connectivity index (χ4n) is 7.47. The van der Waals surface area contributed by atoms with E-state index in [-0.39, 0.29) is 132 Å². The molecule has 568 valence electrons. The minimum Gasteiger partial charge on any atom is -0.463 e. The van der Waals surface area contributed by atoms with Crippen LogP contribution < -0.4 is 0 Å². The van der Waals surface area contributed by atoms with Gasteiger partial charge in [-0.15, -0.1) is 0 Å². The molecule has 0 aromatic heterocycles. The Bertz CT molecular complexity index is 1970. The maximum Gasteiger partial charge on any atom is 0.312 e. The zero-order valence-electron chi connectivity index (χ0n) is 68.0. The Kier molecular flexibility index (Phi) is 57.9. The van der Waals surface area contributed by atoms with E-state index >= 15 is 0 Å². The van der Waals surface area contributed by atoms with Crippen LogP contribution in [0.3, 0.4) is 0 Å². The largest absolute Gasteiger partial charge is 0.463 e. The first-order valence-electron chi connectivity index (χ1n) is 36.0. The minimum absolute atomic E-state index is 0. The molecule has 2 atom stereocenters. The zero-order chi connectivity index (χ0) is 75.7. The fraction of sp³-hybridized carbons (Fsp3) is 0.899. The molecule has 0 heterocycles. The highest BCUT2D eigenvalue weighted by Crippen LogP contribution is 2.55. The van der Waals surface area contributed by atoms with Gasteiger partial charge in [0, 0.05) is 19.3 Å². The van der Waals surface area contributed by atoms with Gasteiger partial charge in [-0.25, -0.2) is 0 Å². The lowest BCUT2D eigenvalue weighted by Crippen LogP contribution is -2.33. The van der Waals surface area contributed by atoms with Gasteiger partial charge in [0.05, 0.1) is 78.4 Å². The Hall–Kier alpha value is -4.24. The van der Waals surface area contributed by atoms with Crippen molar-refractivity contribution in [3.63, 3.8) is 0 Å². The van der Waals surface area contributed by atoms with Crippen molar-refractivity contribution in [2.24, 2.45) is 80.8 Å². The molecule has 2 aliphatic carbocycles. The quantitative estimate of drug-likeness (QED) is 0.0527. The van der Waals surface area contributed by atoms with Crippen molar-refractivity contribution in [1.82, 2.24) is 0 Å². The highest BCUT2D eigenvalue weighted by Gasteiger charge is 2.54. The SMILES string of the molecule is C.CC(C)CC(=O)OC(C)C.CC(C)CCC(=O)OC(C)C.CC(C)OC(=O)C(C)(C)C(C)C.CC(C)OC(=O)C(C)C(C)C.CC(C)OC(=O)C1(C(C)C)CC1.CC(C)OC(=O)CC(C)(C)C(C)C.CC(C)OC(=O)CC(C)C(C)C.CC(C)OC(=O)CC1(C(C)C)CC1. The first-order valence-corrected chi connectivity index (χ1v) is 36.0. The van der Waals surface area contributed by atoms with Gasteiger partial charge < -0.3 is 37.9 Å². The topological polar surface area (TPSA) is 210 Å². The van der Waals surface area contributed by atoms with E-state index in [1.807, 2.05) is 173 Å². The molecule has 2 unspecified atom stereocenters. The predicted molar refractivity (Wildman–Crippen MR) is 392 cm³/mol. The highest BCUT2D eigenvalue weighted by atomic mass is 16.6. The summed E-state index contributed by atoms with van der Waals surface area (Å²) in [6.07, 6.45) is 8.14. The summed E-state index contributed by atoms with van der Waals surface area (Å²) in [5, 5.41) is 0. The summed E-state index contributed by atoms with van der Waals surface area (Å²) < 4.78 is 40.5. The number of ether oxygens (including phenoxy) is 8. The summed E-state index contributed by atoms with van der Waals surface area (Å²) in [5.74, 6) is 3.59. The fourth-order valence-corrected chi connectivity index (χ4v) is 7.47. The van der Waals surface area contributed by atoms with Gasteiger partial charge in [0.25, 0.3) is 0 Å². The Morgan fingerprint density at radius 2 is 0.726 bits per heavy atom. The van der Waals surface area contributed by atoms with Crippen LogP contribution in [0.5, 0.6) is 0 Å². The second-order valence-corrected chi connectivity index (χ2v) is 32.3. The molecular formula is C79H156O16. The van der Waals surface area contributed by atoms with Crippen LogP contribution in [-0.4, -0.2) is 96.6 Å². The van der Waals surface area contributed by atoms with Gasteiger partial charge in [0.1, 0.15) is 0 Å². The van der Waals surface area contributed by atoms with Crippen LogP contribution in [0.2, 0.25) is 0 Å². The van der Waals surface area contributed by atoms with Crippen molar-refractivity contribution in [3.8, 4) is 0 Å². The molecule has 0 bridgehead atoms. The Morgan fingerprint density at radius 1 is 0.368 bits per heavy atom. The van der Waals surface area contributed by atoms with Crippen LogP contribution in [-0.2, 0) is 76.3 Å². The van der Waals surface area contributed by atoms with Crippen LogP contribution in [0, 0.1) is 80.8 Å². The summed E-state index contributed by atoms with van der Waals surface area (Å²) >= 11 is 0. The molecule has 2 fully saturated rings. The number of hydrogen-bond acceptors (Lipinski definition) is 16. The lowest BCUT2D eigenvalue weighted by atomic mass is 9.78. The lowest BCUT2D eigenvalue weighted by molar-refractivity contribution is -0.160. The summed E-state index contributed by atoms with van der Waals surface area (Å²) in [5.41, 5.74) is -0.174. The van der Waals surface area contributed by atoms with E-state index in [0.717, 1.165) is 19.3 Å². The van der Waals surface area contributed by atoms with Crippen molar-refractivity contribution in [1.29, 1.82) is 0 Å². The molecule has 0 saturated heterocycles. The van der Waals surface area contributed by atoms with Gasteiger partial charge in [-0.1, -0.05) is 146 Å². The monoisotopic (exact) mass is 1360 g/mol. The van der Waals surface area contributed by atoms with Crippen molar-refractivity contribution >= 4 is 47.8 Å². The number of esters is 8. The number of hydrogen-bond donors (Lipinski definition) is 0. The van der Waals surface area contributed by atoms with Crippen LogP contribution in [0.1, 0.15) is 335 Å². The predicted octanol–water partition coefficient (Wildman–Crippen LogP) is 20.6. The van der Waals surface area contributed by atoms with Gasteiger partial charge in [-0.3, -0.25) is 38.4 Å². The van der Waals surface area contributed by atoms with Crippen LogP contribution in [0.15, 0.2) is 0 Å². The molecule has 0 spiro atoms. The van der Waals surface area contributed by atoms with Crippen molar-refractivity contribution in [2.75, 3.05) is 0 Å². The van der Waals surface area contributed by atoms with E-state index in [1.54, 1.807) is 0 Å². The van der Waals surface area contributed by atoms with Crippen LogP contribution in [0.25, 0.3) is 0 Å². The van der Waals surface area contributed by atoms with E-state index in [9.17, 15) is 38.4 Å². The second-order valence-electron chi connectivity index (χ2n) is 32.3. The molecule has 16 heteroatoms. The summed E-state index contributed by atoms with van der Waals surface area (Å²) in [4.78, 5) is 89.9. The van der Waals surface area contributed by atoms with E-state index in [1.165, 1.54) is 12.8 Å². The summed E-state index contributed by atoms with van der Waals surface area (Å²) in [6, 6.07) is 0. The normalized spacial score (nSPS) is 14.0. The molecule has 2 saturated carbocycles. The molecule has 2 rings (SSSR count). The first-order chi connectivity index (χ1) is 42.4. The maximum absolute atomic E-state index is 11.6. The average molecular weight is 1360 g/mol. The second kappa shape index (κ2) is 52.8. The standard InChI is InChI=1S/C11H20O2.C11H22O2.C10H18O2.2C10H20O2.2C9H18O2.C8H16O2.CH4/c1-8(2)11(5-6-11)7-10(12)13-9(3)4;1-8(2)11(5,6)7-10(12)13-9(3)4;1-7(2)10(5-6-10)9(11)12-8(3)4;1-7(2)10(5,6)9(11)12-8(3)4;1-7(2)9(5)6-10(11)12-8(3)4;1-7(2)5-6-9(10)11-8(3)4;1-6(2)8(5)9(10)11-7(3)4;1-6(2)5-8(9)10-7(3)4;/h8-9H,5-7H2,1-4H3;8-9H,7H2,1-6H3;7-8H,5-6H2,1-4H3;7-8H,1-6H3;7-9H,6H2,1-5H3;7-8H,5-6H2,1-4H3;6-8H,1-5H3;6-7H,5H2,1-4H3;1H4. The van der Waals surface area contributed by atoms with Crippen LogP contribution in [0.4, 0.5) is 0 Å². The molecule has 0 N–H and O–H groups in total. The molecule has 16 nitrogen and oxygen atoms in total. The number of rotatable bonds is 28. The number of carbonyl (C=O) groups is 8. The molecule has 0 aromatic carbocycles. The highest BCUT2D eigenvalue weighted by molar-refractivity contribution is 5.80. The van der Waals surface area contributed by atoms with E-state index < -0.39 is 0 Å². The zero-order valence-corrected chi connectivity index (χ0v) is 68.0. The Morgan fingerprint density at radius 3 is 1.01 bits per heavy atom. The molecule has 0 aromatic rings. The van der Waals surface area contributed by atoms with E-state index in [4.69, 9.17) is 37.9 Å². The van der Waals surface area contributed by atoms with Gasteiger partial charge >= 0.3 is 47.8 Å². The molecule has 95 heavy (non-hydrogen) atoms. The van der Waals surface area contributed by atoms with Gasteiger partial charge in [0.2, 0.25) is 0 Å². The smallest absolute Gasteiger partial charge is 0.312 e. The third kappa shape index (κ3) is 58.4. The molecule has 2 aliphatic rings.